The van der Waals surface area contributed by atoms with Gasteiger partial charge in [0, 0.05) is 16.1 Å². The zero-order valence-electron chi connectivity index (χ0n) is 16.7. The number of nitrogens with one attached hydrogen (secondary N) is 2. The molecule has 0 spiro atoms. The summed E-state index contributed by atoms with van der Waals surface area (Å²) in [7, 11) is 0. The number of rotatable bonds is 4. The molecule has 0 saturated heterocycles. The molecule has 1 aliphatic rings. The smallest absolute Gasteiger partial charge is 0.257 e. The van der Waals surface area contributed by atoms with E-state index < -0.39 is 0 Å². The molecule has 1 atom stereocenters. The van der Waals surface area contributed by atoms with E-state index in [1.165, 1.54) is 16.9 Å². The predicted molar refractivity (Wildman–Crippen MR) is 117 cm³/mol. The number of benzene rings is 2. The Morgan fingerprint density at radius 3 is 2.41 bits per heavy atom. The Balaban J connectivity index is 1.50. The molecule has 5 nitrogen and oxygen atoms in total. The van der Waals surface area contributed by atoms with Gasteiger partial charge in [0.1, 0.15) is 0 Å². The molecule has 6 heteroatoms. The van der Waals surface area contributed by atoms with Crippen molar-refractivity contribution < 1.29 is 9.59 Å². The fourth-order valence-electron chi connectivity index (χ4n) is 3.88. The number of thiazole rings is 1. The number of carbonyl (C=O) groups is 2. The summed E-state index contributed by atoms with van der Waals surface area (Å²) in [6.45, 7) is 6.07. The third-order valence-corrected chi connectivity index (χ3v) is 6.26. The van der Waals surface area contributed by atoms with Gasteiger partial charge in [-0.25, -0.2) is 4.98 Å². The van der Waals surface area contributed by atoms with E-state index in [9.17, 15) is 9.59 Å². The van der Waals surface area contributed by atoms with Gasteiger partial charge >= 0.3 is 0 Å². The number of nitrogens with zero attached hydrogens (tertiary/aromatic N) is 1. The Hall–Kier alpha value is -2.99. The van der Waals surface area contributed by atoms with Crippen molar-refractivity contribution in [2.24, 2.45) is 0 Å². The lowest BCUT2D eigenvalue weighted by Crippen LogP contribution is -2.21. The molecule has 3 aromatic rings. The van der Waals surface area contributed by atoms with Crippen LogP contribution < -0.4 is 10.6 Å². The minimum absolute atomic E-state index is 0.0370. The summed E-state index contributed by atoms with van der Waals surface area (Å²) in [6, 6.07) is 13.2. The maximum absolute atomic E-state index is 13.0. The average molecular weight is 406 g/mol. The fraction of sp³-hybridized carbons (Fsp3) is 0.261. The molecule has 148 valence electrons. The summed E-state index contributed by atoms with van der Waals surface area (Å²) in [6.07, 6.45) is 1.55. The highest BCUT2D eigenvalue weighted by Crippen LogP contribution is 2.39. The fourth-order valence-corrected chi connectivity index (χ4v) is 4.92. The van der Waals surface area contributed by atoms with Crippen molar-refractivity contribution >= 4 is 34.0 Å². The maximum Gasteiger partial charge on any atom is 0.257 e. The van der Waals surface area contributed by atoms with Gasteiger partial charge < -0.3 is 5.32 Å². The van der Waals surface area contributed by atoms with E-state index >= 15 is 0 Å². The number of hydrogen-bond acceptors (Lipinski definition) is 4. The lowest BCUT2D eigenvalue weighted by atomic mass is 10.0. The standard InChI is InChI=1S/C23H23N3O2S/c1-13-11-14(2)19(15(3)12-13)24-22(28)17-9-10-18-20(17)25-23(29-18)26-21(27)16-7-5-4-6-8-16/h4-8,11-12,17H,9-10H2,1-3H3,(H,24,28)(H,25,26,27). The number of amides is 2. The van der Waals surface area contributed by atoms with Crippen LogP contribution in [0.3, 0.4) is 0 Å². The van der Waals surface area contributed by atoms with Crippen LogP contribution in [0.2, 0.25) is 0 Å². The summed E-state index contributed by atoms with van der Waals surface area (Å²) in [5.41, 5.74) is 5.55. The Morgan fingerprint density at radius 1 is 1.03 bits per heavy atom. The van der Waals surface area contributed by atoms with Crippen LogP contribution in [0.25, 0.3) is 0 Å². The highest BCUT2D eigenvalue weighted by atomic mass is 32.1. The van der Waals surface area contributed by atoms with Gasteiger partial charge in [0.05, 0.1) is 11.6 Å². The predicted octanol–water partition coefficient (Wildman–Crippen LogP) is 4.99. The van der Waals surface area contributed by atoms with E-state index in [0.29, 0.717) is 10.7 Å². The second-order valence-corrected chi connectivity index (χ2v) is 8.59. The van der Waals surface area contributed by atoms with Gasteiger partial charge in [0.25, 0.3) is 5.91 Å². The van der Waals surface area contributed by atoms with Crippen LogP contribution in [0.5, 0.6) is 0 Å². The number of hydrogen-bond donors (Lipinski definition) is 2. The first kappa shape index (κ1) is 19.3. The molecule has 0 bridgehead atoms. The van der Waals surface area contributed by atoms with Crippen LogP contribution in [0, 0.1) is 20.8 Å². The van der Waals surface area contributed by atoms with E-state index in [1.807, 2.05) is 32.0 Å². The van der Waals surface area contributed by atoms with Crippen LogP contribution in [-0.4, -0.2) is 16.8 Å². The van der Waals surface area contributed by atoms with Crippen LogP contribution in [0.1, 0.15) is 50.0 Å². The Bertz CT molecular complexity index is 1070. The van der Waals surface area contributed by atoms with Crippen molar-refractivity contribution in [2.45, 2.75) is 39.5 Å². The van der Waals surface area contributed by atoms with Crippen molar-refractivity contribution in [1.29, 1.82) is 0 Å². The second kappa shape index (κ2) is 7.79. The average Bonchev–Trinajstić information content (AvgIpc) is 3.25. The Labute approximate surface area is 174 Å². The lowest BCUT2D eigenvalue weighted by molar-refractivity contribution is -0.117. The first-order chi connectivity index (χ1) is 13.9. The molecule has 0 aliphatic heterocycles. The maximum atomic E-state index is 13.0. The molecule has 2 N–H and O–H groups in total. The van der Waals surface area contributed by atoms with E-state index in [-0.39, 0.29) is 17.7 Å². The summed E-state index contributed by atoms with van der Waals surface area (Å²) in [5, 5.41) is 6.51. The van der Waals surface area contributed by atoms with Gasteiger partial charge in [-0.2, -0.15) is 0 Å². The molecule has 0 radical (unpaired) electrons. The number of aryl methyl sites for hydroxylation is 4. The molecular weight excluding hydrogens is 382 g/mol. The van der Waals surface area contributed by atoms with Crippen molar-refractivity contribution in [3.8, 4) is 0 Å². The summed E-state index contributed by atoms with van der Waals surface area (Å²) >= 11 is 1.46. The lowest BCUT2D eigenvalue weighted by Gasteiger charge is -2.15. The van der Waals surface area contributed by atoms with Gasteiger partial charge in [0.15, 0.2) is 5.13 Å². The minimum Gasteiger partial charge on any atom is -0.325 e. The highest BCUT2D eigenvalue weighted by molar-refractivity contribution is 7.16. The zero-order valence-corrected chi connectivity index (χ0v) is 17.5. The molecule has 1 aliphatic carbocycles. The normalized spacial score (nSPS) is 15.1. The number of fused-ring (bicyclic) bond motifs is 1. The van der Waals surface area contributed by atoms with Gasteiger partial charge in [-0.1, -0.05) is 35.9 Å². The van der Waals surface area contributed by atoms with Crippen molar-refractivity contribution in [1.82, 2.24) is 4.98 Å². The third-order valence-electron chi connectivity index (χ3n) is 5.22. The summed E-state index contributed by atoms with van der Waals surface area (Å²) in [5.74, 6) is -0.515. The van der Waals surface area contributed by atoms with E-state index in [0.717, 1.165) is 40.2 Å². The molecule has 0 fully saturated rings. The topological polar surface area (TPSA) is 71.1 Å². The molecule has 2 amide bonds. The SMILES string of the molecule is Cc1cc(C)c(NC(=O)C2CCc3sc(NC(=O)c4ccccc4)nc32)c(C)c1. The van der Waals surface area contributed by atoms with Gasteiger partial charge in [0.2, 0.25) is 5.91 Å². The van der Waals surface area contributed by atoms with Crippen LogP contribution in [0.15, 0.2) is 42.5 Å². The monoisotopic (exact) mass is 405 g/mol. The molecular formula is C23H23N3O2S. The van der Waals surface area contributed by atoms with Gasteiger partial charge in [-0.3, -0.25) is 14.9 Å². The third kappa shape index (κ3) is 3.93. The van der Waals surface area contributed by atoms with Gasteiger partial charge in [-0.05, 0) is 56.9 Å². The van der Waals surface area contributed by atoms with Crippen molar-refractivity contribution in [3.05, 3.63) is 75.3 Å². The van der Waals surface area contributed by atoms with Crippen LogP contribution in [0.4, 0.5) is 10.8 Å². The highest BCUT2D eigenvalue weighted by Gasteiger charge is 2.33. The molecule has 1 unspecified atom stereocenters. The van der Waals surface area contributed by atoms with Crippen LogP contribution >= 0.6 is 11.3 Å². The van der Waals surface area contributed by atoms with Crippen molar-refractivity contribution in [2.75, 3.05) is 10.6 Å². The number of carbonyl (C=O) groups excluding carboxylic acids is 2. The molecule has 29 heavy (non-hydrogen) atoms. The van der Waals surface area contributed by atoms with E-state index in [2.05, 4.69) is 34.7 Å². The minimum atomic E-state index is -0.288. The summed E-state index contributed by atoms with van der Waals surface area (Å²) < 4.78 is 0. The summed E-state index contributed by atoms with van der Waals surface area (Å²) in [4.78, 5) is 31.0. The number of anilines is 2. The van der Waals surface area contributed by atoms with E-state index in [4.69, 9.17) is 0 Å². The Morgan fingerprint density at radius 2 is 1.72 bits per heavy atom. The first-order valence-electron chi connectivity index (χ1n) is 9.67. The number of aromatic nitrogens is 1. The zero-order chi connectivity index (χ0) is 20.5. The first-order valence-corrected chi connectivity index (χ1v) is 10.5. The second-order valence-electron chi connectivity index (χ2n) is 7.50. The molecule has 2 aromatic carbocycles. The quantitative estimate of drug-likeness (QED) is 0.642. The van der Waals surface area contributed by atoms with E-state index in [1.54, 1.807) is 12.1 Å². The largest absolute Gasteiger partial charge is 0.325 e. The molecule has 4 rings (SSSR count). The Kier molecular flexibility index (Phi) is 5.20. The molecule has 0 saturated carbocycles. The molecule has 1 aromatic heterocycles. The molecule has 1 heterocycles. The van der Waals surface area contributed by atoms with Gasteiger partial charge in [-0.15, -0.1) is 11.3 Å². The van der Waals surface area contributed by atoms with Crippen molar-refractivity contribution in [3.63, 3.8) is 0 Å². The van der Waals surface area contributed by atoms with Crippen LogP contribution in [-0.2, 0) is 11.2 Å².